The number of benzene rings is 1. The summed E-state index contributed by atoms with van der Waals surface area (Å²) in [5.74, 6) is -9.19. The standard InChI is InChI=1S/C70H126BrN33O11S/c71-40-28-29-51-41(39-40)54(73)55(116-51)50(105)25-4-1-2-5-26-52(106)97-43(18-10-32-90-64(75)76)57(109)89-31-9-3-6-27-53(107)98-44(19-11-33-91-65(77)78)58(110)100-46(21-13-35-93-67(81)82)60(112)102-48(23-15-37-95-69(85)86)62(114)104-49(24-16-38-96-70(87)88)63(115)103-47(22-14-36-94-68(83)84)61(113)101-45(20-12-34-92-66(79)80)59(111)99-42(56(74)108)17-7-8-30-72/h28-29,39,42-49H,1-27,30-38,72-73H2,(H2,74,108)(H,89,109)(H,97,106)(H,98,107)(H,99,111)(H,100,110)(H,101,113)(H,102,112)(H,103,115)(H,104,114)(H4,75,76,90)(H4,77,78,91)(H4,79,80,92)(H4,81,82,93)(H4,83,84,94)(H4,85,86,95)(H4,87,88,96)/t42-,43-,44-,45-,46-,47-,48-,49-/m1/s1. The minimum absolute atomic E-state index is 0.0216. The predicted octanol–water partition coefficient (Wildman–Crippen LogP) is -5.69. The van der Waals surface area contributed by atoms with Crippen molar-refractivity contribution in [1.82, 2.24) is 47.9 Å². The van der Waals surface area contributed by atoms with E-state index in [4.69, 9.17) is 97.5 Å². The van der Waals surface area contributed by atoms with Gasteiger partial charge in [-0.2, -0.15) is 0 Å². The minimum Gasteiger partial charge on any atom is -0.397 e. The number of amides is 10. The fourth-order valence-corrected chi connectivity index (χ4v) is 13.0. The first-order chi connectivity index (χ1) is 55.1. The number of hydrogen-bond acceptors (Lipinski definition) is 21. The third kappa shape index (κ3) is 44.9. The van der Waals surface area contributed by atoms with Crippen molar-refractivity contribution in [3.05, 3.63) is 27.5 Å². The number of halogens is 1. The number of thiophene rings is 1. The molecule has 8 atom stereocenters. The van der Waals surface area contributed by atoms with E-state index in [2.05, 4.69) is 98.7 Å². The van der Waals surface area contributed by atoms with Crippen molar-refractivity contribution in [1.29, 1.82) is 0 Å². The Balaban J connectivity index is 2.40. The van der Waals surface area contributed by atoms with Crippen LogP contribution in [0.4, 0.5) is 5.69 Å². The van der Waals surface area contributed by atoms with Gasteiger partial charge in [0.05, 0.1) is 10.6 Å². The van der Waals surface area contributed by atoms with Crippen molar-refractivity contribution in [2.45, 2.75) is 222 Å². The van der Waals surface area contributed by atoms with Gasteiger partial charge in [-0.05, 0) is 160 Å². The Morgan fingerprint density at radius 1 is 0.336 bits per heavy atom. The molecule has 0 unspecified atom stereocenters. The third-order valence-electron chi connectivity index (χ3n) is 17.6. The van der Waals surface area contributed by atoms with Crippen LogP contribution in [0.15, 0.2) is 57.6 Å². The van der Waals surface area contributed by atoms with Gasteiger partial charge in [-0.3, -0.25) is 87.7 Å². The van der Waals surface area contributed by atoms with Crippen molar-refractivity contribution in [3.63, 3.8) is 0 Å². The number of Topliss-reactive ketones (excluding diaryl/α,β-unsaturated/α-hetero) is 1. The topological polar surface area (TPSA) is 825 Å². The molecule has 44 nitrogen and oxygen atoms in total. The molecule has 0 saturated carbocycles. The monoisotopic (exact) mass is 1720 g/mol. The van der Waals surface area contributed by atoms with Gasteiger partial charge in [-0.15, -0.1) is 11.3 Å². The lowest BCUT2D eigenvalue weighted by Crippen LogP contribution is -2.60. The first-order valence-electron chi connectivity index (χ1n) is 38.7. The highest BCUT2D eigenvalue weighted by atomic mass is 79.9. The highest BCUT2D eigenvalue weighted by Crippen LogP contribution is 2.36. The lowest BCUT2D eigenvalue weighted by molar-refractivity contribution is -0.136. The maximum atomic E-state index is 14.8. The number of fused-ring (bicyclic) bond motifs is 1. The molecule has 650 valence electrons. The van der Waals surface area contributed by atoms with E-state index < -0.39 is 101 Å². The summed E-state index contributed by atoms with van der Waals surface area (Å²) in [4.78, 5) is 182. The third-order valence-corrected chi connectivity index (χ3v) is 19.3. The molecule has 10 amide bonds. The van der Waals surface area contributed by atoms with Gasteiger partial charge in [0.15, 0.2) is 47.5 Å². The van der Waals surface area contributed by atoms with Crippen molar-refractivity contribution in [2.75, 3.05) is 64.6 Å². The molecule has 0 bridgehead atoms. The van der Waals surface area contributed by atoms with Crippen LogP contribution in [0.25, 0.3) is 10.1 Å². The van der Waals surface area contributed by atoms with Crippen molar-refractivity contribution in [2.24, 2.45) is 127 Å². The lowest BCUT2D eigenvalue weighted by Gasteiger charge is -2.28. The SMILES string of the molecule is NCCCC[C@@H](NC(=O)[C@@H](CCCN=C(N)N)NC(=O)[C@@H](CCCN=C(N)N)NC(=O)[C@@H](CCCN=C(N)N)NC(=O)[C@@H](CCCN=C(N)N)NC(=O)[C@@H](CCCN=C(N)N)NC(=O)[C@@H](CCCN=C(N)N)NC(=O)CCCCCNC(=O)[C@@H](CCCN=C(N)N)NC(=O)CCCCCCC(=O)c1sc2ccc(Br)cc2c1N)C(N)=O. The highest BCUT2D eigenvalue weighted by molar-refractivity contribution is 9.10. The zero-order valence-electron chi connectivity index (χ0n) is 66.0. The molecule has 0 radical (unpaired) electrons. The van der Waals surface area contributed by atoms with Gasteiger partial charge in [0.25, 0.3) is 0 Å². The molecule has 1 aromatic heterocycles. The zero-order valence-corrected chi connectivity index (χ0v) is 68.4. The molecular formula is C70H126BrN33O11S. The molecule has 46 heteroatoms. The quantitative estimate of drug-likeness (QED) is 0.0127. The lowest BCUT2D eigenvalue weighted by atomic mass is 10.0. The summed E-state index contributed by atoms with van der Waals surface area (Å²) in [5, 5.41) is 25.3. The van der Waals surface area contributed by atoms with Crippen LogP contribution in [-0.4, -0.2) is 214 Å². The fraction of sp³-hybridized carbons (Fsp3) is 0.629. The summed E-state index contributed by atoms with van der Waals surface area (Å²) in [6, 6.07) is -4.97. The summed E-state index contributed by atoms with van der Waals surface area (Å²) in [6.45, 7) is 0.649. The molecule has 43 N–H and O–H groups in total. The molecular weight excluding hydrogens is 1590 g/mol. The molecule has 0 aliphatic carbocycles. The van der Waals surface area contributed by atoms with Crippen LogP contribution < -0.4 is 145 Å². The average molecular weight is 1720 g/mol. The van der Waals surface area contributed by atoms with E-state index in [1.807, 2.05) is 18.2 Å². The zero-order chi connectivity index (χ0) is 86.5. The first kappa shape index (κ1) is 101. The molecule has 0 fully saturated rings. The number of guanidine groups is 7. The van der Waals surface area contributed by atoms with E-state index in [1.165, 1.54) is 11.3 Å². The number of ketones is 1. The number of nitrogens with two attached hydrogens (primary N) is 17. The Kier molecular flexibility index (Phi) is 50.1. The second kappa shape index (κ2) is 57.7. The predicted molar refractivity (Wildman–Crippen MR) is 454 cm³/mol. The van der Waals surface area contributed by atoms with E-state index in [1.54, 1.807) is 0 Å². The Morgan fingerprint density at radius 2 is 0.621 bits per heavy atom. The second-order valence-corrected chi connectivity index (χ2v) is 29.3. The normalized spacial score (nSPS) is 12.9. The largest absolute Gasteiger partial charge is 0.397 e. The Bertz CT molecular complexity index is 3680. The summed E-state index contributed by atoms with van der Waals surface area (Å²) >= 11 is 4.81. The molecule has 1 aromatic carbocycles. The molecule has 1 heterocycles. The van der Waals surface area contributed by atoms with E-state index in [-0.39, 0.29) is 208 Å². The summed E-state index contributed by atoms with van der Waals surface area (Å²) in [7, 11) is 0. The Hall–Kier alpha value is -11.3. The van der Waals surface area contributed by atoms with Crippen molar-refractivity contribution < 1.29 is 52.7 Å². The first-order valence-corrected chi connectivity index (χ1v) is 40.3. The number of nitrogen functional groups attached to an aromatic ring is 1. The van der Waals surface area contributed by atoms with Crippen LogP contribution in [0.5, 0.6) is 0 Å². The van der Waals surface area contributed by atoms with Gasteiger partial charge in [0, 0.05) is 86.2 Å². The number of primary amides is 1. The number of unbranched alkanes of at least 4 members (excludes halogenated alkanes) is 6. The van der Waals surface area contributed by atoms with Crippen LogP contribution >= 0.6 is 27.3 Å². The smallest absolute Gasteiger partial charge is 0.243 e. The van der Waals surface area contributed by atoms with Crippen LogP contribution in [0, 0.1) is 0 Å². The van der Waals surface area contributed by atoms with E-state index in [9.17, 15) is 52.7 Å². The number of aliphatic imine (C=N–C) groups is 7. The van der Waals surface area contributed by atoms with E-state index >= 15 is 0 Å². The summed E-state index contributed by atoms with van der Waals surface area (Å²) in [5.41, 5.74) is 96.3. The Morgan fingerprint density at radius 3 is 0.931 bits per heavy atom. The molecule has 0 aliphatic heterocycles. The van der Waals surface area contributed by atoms with Gasteiger partial charge in [0.1, 0.15) is 48.3 Å². The maximum Gasteiger partial charge on any atom is 0.243 e. The van der Waals surface area contributed by atoms with Crippen molar-refractivity contribution >= 4 is 150 Å². The number of anilines is 1. The van der Waals surface area contributed by atoms with Crippen LogP contribution in [0.2, 0.25) is 0 Å². The number of nitrogens with one attached hydrogen (secondary N) is 9. The molecule has 0 spiro atoms. The van der Waals surface area contributed by atoms with Crippen LogP contribution in [0.1, 0.15) is 183 Å². The van der Waals surface area contributed by atoms with E-state index in [0.717, 1.165) is 14.6 Å². The van der Waals surface area contributed by atoms with Crippen molar-refractivity contribution in [3.8, 4) is 0 Å². The summed E-state index contributed by atoms with van der Waals surface area (Å²) in [6.07, 6.45) is 5.49. The van der Waals surface area contributed by atoms with Gasteiger partial charge in [-0.1, -0.05) is 35.2 Å². The molecule has 116 heavy (non-hydrogen) atoms. The Labute approximate surface area is 687 Å². The molecule has 0 aliphatic rings. The highest BCUT2D eigenvalue weighted by Gasteiger charge is 2.35. The number of carbonyl (C=O) groups is 11. The number of carbonyl (C=O) groups excluding carboxylic acids is 11. The summed E-state index contributed by atoms with van der Waals surface area (Å²) < 4.78 is 1.79. The molecule has 0 saturated heterocycles. The van der Waals surface area contributed by atoms with Gasteiger partial charge in [-0.25, -0.2) is 0 Å². The molecule has 2 rings (SSSR count). The van der Waals surface area contributed by atoms with Crippen LogP contribution in [-0.2, 0) is 47.9 Å². The molecule has 2 aromatic rings. The minimum atomic E-state index is -1.52. The van der Waals surface area contributed by atoms with Crippen LogP contribution in [0.3, 0.4) is 0 Å². The number of rotatable bonds is 62. The number of hydrogen-bond donors (Lipinski definition) is 26. The fourth-order valence-electron chi connectivity index (χ4n) is 11.6. The number of nitrogens with zero attached hydrogens (tertiary/aromatic N) is 7. The van der Waals surface area contributed by atoms with Gasteiger partial charge in [0.2, 0.25) is 59.1 Å². The maximum absolute atomic E-state index is 14.8. The average Bonchev–Trinajstić information content (AvgIpc) is 1.65. The van der Waals surface area contributed by atoms with Gasteiger partial charge >= 0.3 is 0 Å². The van der Waals surface area contributed by atoms with Gasteiger partial charge < -0.3 is 145 Å². The second-order valence-electron chi connectivity index (χ2n) is 27.4. The van der Waals surface area contributed by atoms with E-state index in [0.29, 0.717) is 87.7 Å².